The zero-order chi connectivity index (χ0) is 13.3. The highest BCUT2D eigenvalue weighted by Crippen LogP contribution is 2.49. The van der Waals surface area contributed by atoms with E-state index in [1.54, 1.807) is 25.3 Å². The Kier molecular flexibility index (Phi) is 3.43. The first kappa shape index (κ1) is 13.1. The zero-order valence-electron chi connectivity index (χ0n) is 10.2. The first-order chi connectivity index (χ1) is 8.55. The molecule has 1 aliphatic rings. The predicted octanol–water partition coefficient (Wildman–Crippen LogP) is 2.59. The molecule has 2 rings (SSSR count). The molecule has 1 aromatic rings. The zero-order valence-corrected chi connectivity index (χ0v) is 11.7. The molecule has 0 N–H and O–H groups in total. The van der Waals surface area contributed by atoms with Crippen LogP contribution >= 0.6 is 15.9 Å². The Labute approximate surface area is 113 Å². The van der Waals surface area contributed by atoms with E-state index in [-0.39, 0.29) is 5.78 Å². The van der Waals surface area contributed by atoms with Crippen molar-refractivity contribution in [3.05, 3.63) is 28.2 Å². The molecule has 0 aliphatic heterocycles. The van der Waals surface area contributed by atoms with Crippen LogP contribution in [0.3, 0.4) is 0 Å². The van der Waals surface area contributed by atoms with E-state index in [2.05, 4.69) is 15.9 Å². The summed E-state index contributed by atoms with van der Waals surface area (Å²) in [5.41, 5.74) is -0.464. The Bertz CT molecular complexity index is 506. The number of ether oxygens (including phenoxy) is 2. The second-order valence-electron chi connectivity index (χ2n) is 4.25. The van der Waals surface area contributed by atoms with E-state index in [1.807, 2.05) is 0 Å². The molecule has 1 fully saturated rings. The van der Waals surface area contributed by atoms with Crippen LogP contribution in [-0.2, 0) is 9.53 Å². The van der Waals surface area contributed by atoms with Crippen LogP contribution in [0.4, 0.5) is 0 Å². The van der Waals surface area contributed by atoms with Gasteiger partial charge in [0.1, 0.15) is 11.2 Å². The second kappa shape index (κ2) is 4.72. The summed E-state index contributed by atoms with van der Waals surface area (Å²) in [6, 6.07) is 5.03. The number of benzene rings is 1. The molecule has 1 aromatic carbocycles. The van der Waals surface area contributed by atoms with Gasteiger partial charge in [-0.2, -0.15) is 0 Å². The van der Waals surface area contributed by atoms with Crippen LogP contribution in [-0.4, -0.2) is 26.0 Å². The maximum Gasteiger partial charge on any atom is 0.319 e. The molecule has 0 heterocycles. The van der Waals surface area contributed by atoms with Gasteiger partial charge >= 0.3 is 5.97 Å². The summed E-state index contributed by atoms with van der Waals surface area (Å²) in [7, 11) is 2.86. The molecule has 0 atom stereocenters. The Hall–Kier alpha value is -1.36. The van der Waals surface area contributed by atoms with E-state index in [1.165, 1.54) is 7.11 Å². The SMILES string of the molecule is COC(=O)C1(C(=O)c2ccc(OC)c(Br)c2)CC1. The number of methoxy groups -OCH3 is 2. The maximum atomic E-state index is 12.3. The minimum Gasteiger partial charge on any atom is -0.496 e. The van der Waals surface area contributed by atoms with Gasteiger partial charge in [-0.15, -0.1) is 0 Å². The summed E-state index contributed by atoms with van der Waals surface area (Å²) >= 11 is 3.32. The van der Waals surface area contributed by atoms with Gasteiger partial charge in [0.05, 0.1) is 18.7 Å². The lowest BCUT2D eigenvalue weighted by molar-refractivity contribution is -0.145. The number of hydrogen-bond donors (Lipinski definition) is 0. The van der Waals surface area contributed by atoms with Crippen LogP contribution in [0.25, 0.3) is 0 Å². The van der Waals surface area contributed by atoms with Crippen molar-refractivity contribution in [2.75, 3.05) is 14.2 Å². The normalized spacial score (nSPS) is 15.9. The lowest BCUT2D eigenvalue weighted by Gasteiger charge is -2.12. The highest BCUT2D eigenvalue weighted by atomic mass is 79.9. The fraction of sp³-hybridized carbons (Fsp3) is 0.385. The molecule has 96 valence electrons. The number of ketones is 1. The van der Waals surface area contributed by atoms with Crippen LogP contribution in [0.2, 0.25) is 0 Å². The molecule has 1 aliphatic carbocycles. The fourth-order valence-electron chi connectivity index (χ4n) is 1.93. The molecule has 0 radical (unpaired) electrons. The quantitative estimate of drug-likeness (QED) is 0.487. The molecule has 0 amide bonds. The van der Waals surface area contributed by atoms with Crippen molar-refractivity contribution in [1.82, 2.24) is 0 Å². The number of hydrogen-bond acceptors (Lipinski definition) is 4. The summed E-state index contributed by atoms with van der Waals surface area (Å²) in [5, 5.41) is 0. The Morgan fingerprint density at radius 1 is 1.28 bits per heavy atom. The number of Topliss-reactive ketones (excluding diaryl/α,β-unsaturated/α-hetero) is 1. The molecule has 0 unspecified atom stereocenters. The third kappa shape index (κ3) is 2.03. The molecule has 0 spiro atoms. The largest absolute Gasteiger partial charge is 0.496 e. The molecular formula is C13H13BrO4. The minimum atomic E-state index is -0.956. The van der Waals surface area contributed by atoms with Gasteiger partial charge in [0.25, 0.3) is 0 Å². The van der Waals surface area contributed by atoms with Gasteiger partial charge in [-0.25, -0.2) is 0 Å². The molecule has 4 nitrogen and oxygen atoms in total. The average molecular weight is 313 g/mol. The van der Waals surface area contributed by atoms with E-state index in [9.17, 15) is 9.59 Å². The van der Waals surface area contributed by atoms with Crippen LogP contribution in [0, 0.1) is 5.41 Å². The highest BCUT2D eigenvalue weighted by Gasteiger charge is 2.57. The summed E-state index contributed by atoms with van der Waals surface area (Å²) in [4.78, 5) is 24.0. The first-order valence-electron chi connectivity index (χ1n) is 5.52. The maximum absolute atomic E-state index is 12.3. The standard InChI is InChI=1S/C13H13BrO4/c1-17-10-4-3-8(7-9(10)14)11(15)13(5-6-13)12(16)18-2/h3-4,7H,5-6H2,1-2H3. The van der Waals surface area contributed by atoms with Gasteiger partial charge in [-0.1, -0.05) is 0 Å². The van der Waals surface area contributed by atoms with E-state index in [0.717, 1.165) is 0 Å². The minimum absolute atomic E-state index is 0.183. The summed E-state index contributed by atoms with van der Waals surface area (Å²) in [6.07, 6.45) is 1.12. The molecule has 0 aromatic heterocycles. The third-order valence-electron chi connectivity index (χ3n) is 3.17. The second-order valence-corrected chi connectivity index (χ2v) is 5.11. The first-order valence-corrected chi connectivity index (χ1v) is 6.31. The molecule has 0 bridgehead atoms. The number of halogens is 1. The molecule has 1 saturated carbocycles. The third-order valence-corrected chi connectivity index (χ3v) is 3.79. The monoisotopic (exact) mass is 312 g/mol. The van der Waals surface area contributed by atoms with Crippen LogP contribution in [0.5, 0.6) is 5.75 Å². The van der Waals surface area contributed by atoms with E-state index in [0.29, 0.717) is 28.6 Å². The van der Waals surface area contributed by atoms with E-state index in [4.69, 9.17) is 9.47 Å². The van der Waals surface area contributed by atoms with Gasteiger partial charge in [0, 0.05) is 5.56 Å². The molecular weight excluding hydrogens is 300 g/mol. The van der Waals surface area contributed by atoms with Crippen LogP contribution in [0.1, 0.15) is 23.2 Å². The van der Waals surface area contributed by atoms with Crippen molar-refractivity contribution in [3.8, 4) is 5.75 Å². The van der Waals surface area contributed by atoms with Crippen molar-refractivity contribution in [2.45, 2.75) is 12.8 Å². The van der Waals surface area contributed by atoms with Crippen molar-refractivity contribution in [1.29, 1.82) is 0 Å². The molecule has 18 heavy (non-hydrogen) atoms. The summed E-state index contributed by atoms with van der Waals surface area (Å²) < 4.78 is 10.5. The van der Waals surface area contributed by atoms with Crippen molar-refractivity contribution >= 4 is 27.7 Å². The topological polar surface area (TPSA) is 52.6 Å². The van der Waals surface area contributed by atoms with Crippen LogP contribution in [0.15, 0.2) is 22.7 Å². The number of esters is 1. The Balaban J connectivity index is 2.30. The van der Waals surface area contributed by atoms with Gasteiger partial charge in [0.2, 0.25) is 0 Å². The summed E-state index contributed by atoms with van der Waals surface area (Å²) in [5.74, 6) is 0.0200. The van der Waals surface area contributed by atoms with Gasteiger partial charge in [0.15, 0.2) is 5.78 Å². The fourth-order valence-corrected chi connectivity index (χ4v) is 2.47. The molecule has 0 saturated heterocycles. The predicted molar refractivity (Wildman–Crippen MR) is 68.7 cm³/mol. The smallest absolute Gasteiger partial charge is 0.319 e. The average Bonchev–Trinajstić information content (AvgIpc) is 3.18. The van der Waals surface area contributed by atoms with Gasteiger partial charge < -0.3 is 9.47 Å². The van der Waals surface area contributed by atoms with Crippen molar-refractivity contribution in [2.24, 2.45) is 5.41 Å². The number of rotatable bonds is 4. The van der Waals surface area contributed by atoms with E-state index < -0.39 is 11.4 Å². The highest BCUT2D eigenvalue weighted by molar-refractivity contribution is 9.10. The molecule has 5 heteroatoms. The lowest BCUT2D eigenvalue weighted by atomic mass is 9.95. The van der Waals surface area contributed by atoms with Gasteiger partial charge in [-0.3, -0.25) is 9.59 Å². The lowest BCUT2D eigenvalue weighted by Crippen LogP contribution is -2.27. The van der Waals surface area contributed by atoms with Crippen molar-refractivity contribution < 1.29 is 19.1 Å². The van der Waals surface area contributed by atoms with E-state index >= 15 is 0 Å². The van der Waals surface area contributed by atoms with Crippen molar-refractivity contribution in [3.63, 3.8) is 0 Å². The van der Waals surface area contributed by atoms with Gasteiger partial charge in [-0.05, 0) is 47.0 Å². The number of carbonyl (C=O) groups is 2. The number of carbonyl (C=O) groups excluding carboxylic acids is 2. The Morgan fingerprint density at radius 3 is 2.39 bits per heavy atom. The Morgan fingerprint density at radius 2 is 1.94 bits per heavy atom. The summed E-state index contributed by atoms with van der Waals surface area (Å²) in [6.45, 7) is 0. The van der Waals surface area contributed by atoms with Crippen LogP contribution < -0.4 is 4.74 Å².